The van der Waals surface area contributed by atoms with Gasteiger partial charge in [0.1, 0.15) is 5.82 Å². The van der Waals surface area contributed by atoms with Gasteiger partial charge in [0.2, 0.25) is 0 Å². The highest BCUT2D eigenvalue weighted by atomic mass is 19.1. The summed E-state index contributed by atoms with van der Waals surface area (Å²) in [5.41, 5.74) is 1.16. The van der Waals surface area contributed by atoms with E-state index >= 15 is 0 Å². The molecule has 0 bridgehead atoms. The third-order valence-electron chi connectivity index (χ3n) is 4.47. The van der Waals surface area contributed by atoms with E-state index in [1.54, 1.807) is 0 Å². The van der Waals surface area contributed by atoms with Crippen LogP contribution in [-0.4, -0.2) is 28.6 Å². The predicted molar refractivity (Wildman–Crippen MR) is 80.2 cm³/mol. The van der Waals surface area contributed by atoms with Crippen LogP contribution in [0.4, 0.5) is 4.39 Å². The Labute approximate surface area is 121 Å². The van der Waals surface area contributed by atoms with E-state index in [-0.39, 0.29) is 11.4 Å². The Morgan fingerprint density at radius 2 is 1.70 bits per heavy atom. The molecule has 0 aliphatic carbocycles. The van der Waals surface area contributed by atoms with Crippen molar-refractivity contribution in [3.8, 4) is 0 Å². The van der Waals surface area contributed by atoms with E-state index in [0.717, 1.165) is 18.7 Å². The zero-order valence-corrected chi connectivity index (χ0v) is 12.8. The average Bonchev–Trinajstić information content (AvgIpc) is 2.65. The van der Waals surface area contributed by atoms with Crippen molar-refractivity contribution in [2.24, 2.45) is 0 Å². The van der Waals surface area contributed by atoms with Crippen LogP contribution in [0, 0.1) is 12.7 Å². The summed E-state index contributed by atoms with van der Waals surface area (Å²) in [6.45, 7) is 8.00. The molecule has 0 saturated carbocycles. The number of hydrogen-bond acceptors (Lipinski definition) is 2. The molecule has 0 spiro atoms. The number of rotatable bonds is 3. The lowest BCUT2D eigenvalue weighted by Crippen LogP contribution is -2.48. The summed E-state index contributed by atoms with van der Waals surface area (Å²) in [6, 6.07) is 4.83. The van der Waals surface area contributed by atoms with Crippen LogP contribution in [0.5, 0.6) is 0 Å². The molecule has 1 aromatic carbocycles. The Morgan fingerprint density at radius 3 is 2.25 bits per heavy atom. The van der Waals surface area contributed by atoms with Gasteiger partial charge < -0.3 is 5.11 Å². The lowest BCUT2D eigenvalue weighted by molar-refractivity contribution is -0.0102. The van der Waals surface area contributed by atoms with E-state index in [1.165, 1.54) is 37.8 Å². The van der Waals surface area contributed by atoms with E-state index in [0.29, 0.717) is 5.56 Å². The van der Waals surface area contributed by atoms with Gasteiger partial charge in [-0.3, -0.25) is 4.90 Å². The Balaban J connectivity index is 2.22. The zero-order valence-electron chi connectivity index (χ0n) is 12.8. The molecule has 20 heavy (non-hydrogen) atoms. The third-order valence-corrected chi connectivity index (χ3v) is 4.47. The van der Waals surface area contributed by atoms with Crippen LogP contribution in [0.3, 0.4) is 0 Å². The van der Waals surface area contributed by atoms with Crippen molar-refractivity contribution >= 4 is 0 Å². The fourth-order valence-corrected chi connectivity index (χ4v) is 3.15. The first-order valence-corrected chi connectivity index (χ1v) is 7.61. The van der Waals surface area contributed by atoms with Gasteiger partial charge in [0, 0.05) is 5.54 Å². The molecule has 3 heteroatoms. The first-order chi connectivity index (χ1) is 9.41. The summed E-state index contributed by atoms with van der Waals surface area (Å²) in [5.74, 6) is -0.272. The molecule has 2 nitrogen and oxygen atoms in total. The maximum atomic E-state index is 13.6. The second-order valence-corrected chi connectivity index (χ2v) is 6.52. The van der Waals surface area contributed by atoms with Gasteiger partial charge in [0.15, 0.2) is 0 Å². The number of halogens is 1. The van der Waals surface area contributed by atoms with E-state index in [9.17, 15) is 9.50 Å². The first-order valence-electron chi connectivity index (χ1n) is 7.61. The molecule has 0 aromatic heterocycles. The molecule has 1 saturated heterocycles. The Hall–Kier alpha value is -0.930. The number of aliphatic hydroxyl groups is 1. The molecular weight excluding hydrogens is 253 g/mol. The minimum Gasteiger partial charge on any atom is -0.386 e. The van der Waals surface area contributed by atoms with Gasteiger partial charge in [0.25, 0.3) is 0 Å². The van der Waals surface area contributed by atoms with Crippen molar-refractivity contribution in [3.05, 3.63) is 35.1 Å². The van der Waals surface area contributed by atoms with Crippen molar-refractivity contribution in [2.45, 2.75) is 58.1 Å². The Bertz CT molecular complexity index is 430. The average molecular weight is 279 g/mol. The minimum atomic E-state index is -0.671. The number of nitrogens with zero attached hydrogens (tertiary/aromatic N) is 1. The van der Waals surface area contributed by atoms with Crippen LogP contribution in [0.1, 0.15) is 56.8 Å². The summed E-state index contributed by atoms with van der Waals surface area (Å²) in [6.07, 6.45) is 4.22. The quantitative estimate of drug-likeness (QED) is 0.909. The highest BCUT2D eigenvalue weighted by Crippen LogP contribution is 2.33. The van der Waals surface area contributed by atoms with Crippen molar-refractivity contribution in [1.29, 1.82) is 0 Å². The molecule has 0 radical (unpaired) electrons. The fourth-order valence-electron chi connectivity index (χ4n) is 3.15. The monoisotopic (exact) mass is 279 g/mol. The molecule has 0 amide bonds. The number of likely N-dealkylation sites (tertiary alicyclic amines) is 1. The van der Waals surface area contributed by atoms with Gasteiger partial charge in [0.05, 0.1) is 6.10 Å². The van der Waals surface area contributed by atoms with Crippen LogP contribution in [-0.2, 0) is 0 Å². The lowest BCUT2D eigenvalue weighted by atomic mass is 9.88. The topological polar surface area (TPSA) is 23.5 Å². The van der Waals surface area contributed by atoms with E-state index < -0.39 is 6.10 Å². The van der Waals surface area contributed by atoms with Gasteiger partial charge >= 0.3 is 0 Å². The summed E-state index contributed by atoms with van der Waals surface area (Å²) in [5, 5.41) is 10.7. The van der Waals surface area contributed by atoms with Crippen molar-refractivity contribution in [1.82, 2.24) is 4.90 Å². The molecule has 1 heterocycles. The number of aryl methyl sites for hydroxylation is 1. The molecule has 1 aromatic rings. The molecule has 1 aliphatic rings. The minimum absolute atomic E-state index is 0.272. The van der Waals surface area contributed by atoms with Gasteiger partial charge in [-0.15, -0.1) is 0 Å². The van der Waals surface area contributed by atoms with Crippen LogP contribution < -0.4 is 0 Å². The maximum Gasteiger partial charge on any atom is 0.123 e. The Kier molecular flexibility index (Phi) is 4.82. The molecule has 112 valence electrons. The lowest BCUT2D eigenvalue weighted by Gasteiger charge is -2.41. The van der Waals surface area contributed by atoms with Crippen molar-refractivity contribution < 1.29 is 9.50 Å². The molecular formula is C17H26FNO. The summed E-state index contributed by atoms with van der Waals surface area (Å²) in [7, 11) is 0. The van der Waals surface area contributed by atoms with Crippen LogP contribution in [0.25, 0.3) is 0 Å². The van der Waals surface area contributed by atoms with Crippen molar-refractivity contribution in [2.75, 3.05) is 13.1 Å². The van der Waals surface area contributed by atoms with Gasteiger partial charge in [-0.05, 0) is 70.0 Å². The second kappa shape index (κ2) is 6.23. The van der Waals surface area contributed by atoms with Crippen LogP contribution >= 0.6 is 0 Å². The molecule has 1 atom stereocenters. The summed E-state index contributed by atoms with van der Waals surface area (Å²) < 4.78 is 13.6. The smallest absolute Gasteiger partial charge is 0.123 e. The van der Waals surface area contributed by atoms with Crippen molar-refractivity contribution in [3.63, 3.8) is 0 Å². The van der Waals surface area contributed by atoms with Gasteiger partial charge in [-0.1, -0.05) is 18.9 Å². The second-order valence-electron chi connectivity index (χ2n) is 6.52. The normalized spacial score (nSPS) is 19.6. The van der Waals surface area contributed by atoms with E-state index in [4.69, 9.17) is 0 Å². The van der Waals surface area contributed by atoms with Gasteiger partial charge in [-0.25, -0.2) is 4.39 Å². The molecule has 1 aliphatic heterocycles. The number of benzene rings is 1. The standard InChI is InChI=1S/C17H26FNO/c1-13-10-14(12-15(18)11-13)16(20)17(2,3)19-8-6-4-5-7-9-19/h10-12,16,20H,4-9H2,1-3H3. The number of aliphatic hydroxyl groups excluding tert-OH is 1. The highest BCUT2D eigenvalue weighted by Gasteiger charge is 2.35. The largest absolute Gasteiger partial charge is 0.386 e. The summed E-state index contributed by atoms with van der Waals surface area (Å²) in [4.78, 5) is 2.35. The highest BCUT2D eigenvalue weighted by molar-refractivity contribution is 5.27. The van der Waals surface area contributed by atoms with E-state index in [2.05, 4.69) is 18.7 Å². The van der Waals surface area contributed by atoms with Crippen LogP contribution in [0.2, 0.25) is 0 Å². The van der Waals surface area contributed by atoms with Gasteiger partial charge in [-0.2, -0.15) is 0 Å². The Morgan fingerprint density at radius 1 is 1.10 bits per heavy atom. The first kappa shape index (κ1) is 15.5. The maximum absolute atomic E-state index is 13.6. The SMILES string of the molecule is Cc1cc(F)cc(C(O)C(C)(C)N2CCCCCC2)c1. The van der Waals surface area contributed by atoms with E-state index in [1.807, 2.05) is 13.0 Å². The fraction of sp³-hybridized carbons (Fsp3) is 0.647. The molecule has 1 fully saturated rings. The molecule has 1 N–H and O–H groups in total. The summed E-state index contributed by atoms with van der Waals surface area (Å²) >= 11 is 0. The molecule has 2 rings (SSSR count). The predicted octanol–water partition coefficient (Wildman–Crippen LogP) is 3.82. The zero-order chi connectivity index (χ0) is 14.8. The number of hydrogen-bond donors (Lipinski definition) is 1. The third kappa shape index (κ3) is 3.39. The molecule has 1 unspecified atom stereocenters. The van der Waals surface area contributed by atoms with Crippen LogP contribution in [0.15, 0.2) is 18.2 Å².